The zero-order valence-electron chi connectivity index (χ0n) is 18.4. The second kappa shape index (κ2) is 7.65. The van der Waals surface area contributed by atoms with Crippen molar-refractivity contribution in [2.45, 2.75) is 19.3 Å². The second-order valence-corrected chi connectivity index (χ2v) is 8.55. The molecule has 32 heavy (non-hydrogen) atoms. The maximum absolute atomic E-state index is 12.5. The van der Waals surface area contributed by atoms with Gasteiger partial charge in [-0.25, -0.2) is 9.79 Å². The van der Waals surface area contributed by atoms with Gasteiger partial charge in [-0.15, -0.1) is 0 Å². The van der Waals surface area contributed by atoms with Gasteiger partial charge in [0.2, 0.25) is 5.90 Å². The van der Waals surface area contributed by atoms with Gasteiger partial charge in [-0.05, 0) is 47.0 Å². The van der Waals surface area contributed by atoms with Gasteiger partial charge in [0.15, 0.2) is 5.70 Å². The minimum Gasteiger partial charge on any atom is -0.402 e. The van der Waals surface area contributed by atoms with Gasteiger partial charge < -0.3 is 9.64 Å². The number of ether oxygens (including phenoxy) is 1. The standard InChI is InChI=1S/C28H24N2O2/c1-28(2)22-11-7-8-12-24(22)30(3)25(28)18-17-23-27(31)32-26(29-23)21-15-13-20(14-16-21)19-9-5-4-6-10-19/h4-18H,1-3H3/b23-17-,25-18+. The predicted octanol–water partition coefficient (Wildman–Crippen LogP) is 5.85. The molecule has 5 rings (SSSR count). The summed E-state index contributed by atoms with van der Waals surface area (Å²) in [6.45, 7) is 4.38. The van der Waals surface area contributed by atoms with E-state index in [-0.39, 0.29) is 5.41 Å². The zero-order valence-corrected chi connectivity index (χ0v) is 18.4. The fourth-order valence-corrected chi connectivity index (χ4v) is 4.44. The highest BCUT2D eigenvalue weighted by Gasteiger charge is 2.38. The number of anilines is 1. The van der Waals surface area contributed by atoms with E-state index < -0.39 is 5.97 Å². The van der Waals surface area contributed by atoms with Gasteiger partial charge in [-0.2, -0.15) is 0 Å². The predicted molar refractivity (Wildman–Crippen MR) is 129 cm³/mol. The van der Waals surface area contributed by atoms with E-state index in [0.29, 0.717) is 11.6 Å². The molecule has 158 valence electrons. The van der Waals surface area contributed by atoms with Gasteiger partial charge in [0.25, 0.3) is 0 Å². The van der Waals surface area contributed by atoms with Crippen molar-refractivity contribution in [3.8, 4) is 11.1 Å². The Morgan fingerprint density at radius 1 is 0.812 bits per heavy atom. The number of benzene rings is 3. The first kappa shape index (κ1) is 20.0. The van der Waals surface area contributed by atoms with Gasteiger partial charge >= 0.3 is 5.97 Å². The molecule has 0 unspecified atom stereocenters. The molecule has 0 spiro atoms. The summed E-state index contributed by atoms with van der Waals surface area (Å²) in [6.07, 6.45) is 3.73. The van der Waals surface area contributed by atoms with E-state index in [1.807, 2.05) is 61.7 Å². The molecule has 2 aliphatic heterocycles. The molecule has 0 bridgehead atoms. The van der Waals surface area contributed by atoms with E-state index in [0.717, 1.165) is 22.4 Å². The number of hydrogen-bond donors (Lipinski definition) is 0. The monoisotopic (exact) mass is 420 g/mol. The number of carbonyl (C=O) groups is 1. The van der Waals surface area contributed by atoms with Gasteiger partial charge in [0, 0.05) is 29.4 Å². The highest BCUT2D eigenvalue weighted by molar-refractivity contribution is 6.11. The van der Waals surface area contributed by atoms with E-state index in [9.17, 15) is 4.79 Å². The lowest BCUT2D eigenvalue weighted by Crippen LogP contribution is -2.22. The summed E-state index contributed by atoms with van der Waals surface area (Å²) in [6, 6.07) is 26.4. The Labute approximate surface area is 188 Å². The number of fused-ring (bicyclic) bond motifs is 1. The van der Waals surface area contributed by atoms with E-state index in [1.165, 1.54) is 11.3 Å². The Bertz CT molecular complexity index is 1280. The van der Waals surface area contributed by atoms with Crippen LogP contribution >= 0.6 is 0 Å². The summed E-state index contributed by atoms with van der Waals surface area (Å²) in [5.74, 6) is -0.0958. The molecule has 0 saturated carbocycles. The molecule has 0 aromatic heterocycles. The van der Waals surface area contributed by atoms with Crippen LogP contribution in [0, 0.1) is 0 Å². The fourth-order valence-electron chi connectivity index (χ4n) is 4.44. The maximum Gasteiger partial charge on any atom is 0.363 e. The van der Waals surface area contributed by atoms with Crippen molar-refractivity contribution in [2.75, 3.05) is 11.9 Å². The van der Waals surface area contributed by atoms with Crippen molar-refractivity contribution in [1.82, 2.24) is 0 Å². The van der Waals surface area contributed by atoms with Crippen LogP contribution in [-0.2, 0) is 14.9 Å². The fraction of sp³-hybridized carbons (Fsp3) is 0.143. The van der Waals surface area contributed by atoms with Crippen LogP contribution < -0.4 is 4.90 Å². The Morgan fingerprint density at radius 2 is 1.44 bits per heavy atom. The maximum atomic E-state index is 12.5. The average Bonchev–Trinajstić information content (AvgIpc) is 3.28. The third-order valence-corrected chi connectivity index (χ3v) is 6.20. The van der Waals surface area contributed by atoms with Crippen LogP contribution in [0.5, 0.6) is 0 Å². The van der Waals surface area contributed by atoms with Crippen molar-refractivity contribution < 1.29 is 9.53 Å². The number of aliphatic imine (C=N–C) groups is 1. The number of esters is 1. The van der Waals surface area contributed by atoms with Crippen LogP contribution in [0.25, 0.3) is 11.1 Å². The number of carbonyl (C=O) groups excluding carboxylic acids is 1. The molecule has 3 aromatic carbocycles. The molecule has 2 aliphatic rings. The molecular formula is C28H24N2O2. The van der Waals surface area contributed by atoms with Crippen LogP contribution in [-0.4, -0.2) is 18.9 Å². The Balaban J connectivity index is 1.42. The van der Waals surface area contributed by atoms with E-state index in [4.69, 9.17) is 4.74 Å². The first-order valence-corrected chi connectivity index (χ1v) is 10.7. The van der Waals surface area contributed by atoms with Gasteiger partial charge in [0.05, 0.1) is 0 Å². The van der Waals surface area contributed by atoms with Crippen molar-refractivity contribution in [3.05, 3.63) is 114 Å². The highest BCUT2D eigenvalue weighted by Crippen LogP contribution is 2.46. The lowest BCUT2D eigenvalue weighted by Gasteiger charge is -2.23. The van der Waals surface area contributed by atoms with Crippen molar-refractivity contribution in [1.29, 1.82) is 0 Å². The third-order valence-electron chi connectivity index (χ3n) is 6.20. The molecule has 4 heteroatoms. The molecule has 0 amide bonds. The van der Waals surface area contributed by atoms with E-state index in [2.05, 4.69) is 54.1 Å². The first-order chi connectivity index (χ1) is 15.4. The van der Waals surface area contributed by atoms with E-state index >= 15 is 0 Å². The molecular weight excluding hydrogens is 396 g/mol. The number of hydrogen-bond acceptors (Lipinski definition) is 4. The summed E-state index contributed by atoms with van der Waals surface area (Å²) in [4.78, 5) is 19.1. The molecule has 0 atom stereocenters. The number of rotatable bonds is 3. The van der Waals surface area contributed by atoms with Crippen molar-refractivity contribution in [2.24, 2.45) is 4.99 Å². The first-order valence-electron chi connectivity index (χ1n) is 10.7. The lowest BCUT2D eigenvalue weighted by atomic mass is 9.84. The van der Waals surface area contributed by atoms with Crippen LogP contribution in [0.4, 0.5) is 5.69 Å². The van der Waals surface area contributed by atoms with E-state index in [1.54, 1.807) is 6.08 Å². The molecule has 2 heterocycles. The quantitative estimate of drug-likeness (QED) is 0.394. The van der Waals surface area contributed by atoms with Crippen LogP contribution in [0.2, 0.25) is 0 Å². The van der Waals surface area contributed by atoms with Gasteiger partial charge in [-0.3, -0.25) is 0 Å². The smallest absolute Gasteiger partial charge is 0.363 e. The molecule has 4 nitrogen and oxygen atoms in total. The molecule has 3 aromatic rings. The number of likely N-dealkylation sites (N-methyl/N-ethyl adjacent to an activating group) is 1. The number of allylic oxidation sites excluding steroid dienone is 3. The minimum absolute atomic E-state index is 0.162. The Hall–Kier alpha value is -3.92. The van der Waals surface area contributed by atoms with Crippen LogP contribution in [0.15, 0.2) is 107 Å². The highest BCUT2D eigenvalue weighted by atomic mass is 16.6. The third kappa shape index (κ3) is 3.34. The second-order valence-electron chi connectivity index (χ2n) is 8.55. The van der Waals surface area contributed by atoms with Crippen molar-refractivity contribution in [3.63, 3.8) is 0 Å². The number of nitrogens with zero attached hydrogens (tertiary/aromatic N) is 2. The summed E-state index contributed by atoms with van der Waals surface area (Å²) >= 11 is 0. The number of cyclic esters (lactones) is 1. The van der Waals surface area contributed by atoms with Crippen LogP contribution in [0.1, 0.15) is 25.0 Å². The number of para-hydroxylation sites is 1. The largest absolute Gasteiger partial charge is 0.402 e. The molecule has 0 fully saturated rings. The SMILES string of the molecule is CN1/C(=C/C=C2\N=C(c3ccc(-c4ccccc4)cc3)OC2=O)C(C)(C)c2ccccc21. The topological polar surface area (TPSA) is 41.9 Å². The molecule has 0 N–H and O–H groups in total. The normalized spacial score (nSPS) is 19.3. The Morgan fingerprint density at radius 3 is 2.16 bits per heavy atom. The van der Waals surface area contributed by atoms with Crippen LogP contribution in [0.3, 0.4) is 0 Å². The lowest BCUT2D eigenvalue weighted by molar-refractivity contribution is -0.130. The summed E-state index contributed by atoms with van der Waals surface area (Å²) in [5, 5.41) is 0. The van der Waals surface area contributed by atoms with Gasteiger partial charge in [-0.1, -0.05) is 74.5 Å². The molecule has 0 saturated heterocycles. The zero-order chi connectivity index (χ0) is 22.3. The minimum atomic E-state index is -0.431. The van der Waals surface area contributed by atoms with Gasteiger partial charge in [0.1, 0.15) is 0 Å². The average molecular weight is 421 g/mol. The summed E-state index contributed by atoms with van der Waals surface area (Å²) < 4.78 is 5.46. The summed E-state index contributed by atoms with van der Waals surface area (Å²) in [7, 11) is 2.05. The van der Waals surface area contributed by atoms with Crippen molar-refractivity contribution >= 4 is 17.6 Å². The summed E-state index contributed by atoms with van der Waals surface area (Å²) in [5.41, 5.74) is 6.72. The molecule has 0 aliphatic carbocycles. The Kier molecular flexibility index (Phi) is 4.78. The molecule has 0 radical (unpaired) electrons.